The van der Waals surface area contributed by atoms with Crippen LogP contribution in [0.2, 0.25) is 0 Å². The van der Waals surface area contributed by atoms with Gasteiger partial charge in [-0.3, -0.25) is 9.35 Å². The average Bonchev–Trinajstić information content (AvgIpc) is 2.91. The summed E-state index contributed by atoms with van der Waals surface area (Å²) >= 11 is 0. The summed E-state index contributed by atoms with van der Waals surface area (Å²) in [4.78, 5) is 11.0. The van der Waals surface area contributed by atoms with Gasteiger partial charge in [0.15, 0.2) is 5.75 Å². The first kappa shape index (κ1) is 28.1. The van der Waals surface area contributed by atoms with E-state index in [0.717, 1.165) is 11.6 Å². The fraction of sp³-hybridized carbons (Fsp3) is 0.148. The maximum absolute atomic E-state index is 12.2. The summed E-state index contributed by atoms with van der Waals surface area (Å²) in [7, 11) is -2.04. The minimum atomic E-state index is -4.84. The van der Waals surface area contributed by atoms with Gasteiger partial charge >= 0.3 is 0 Å². The van der Waals surface area contributed by atoms with Crippen molar-refractivity contribution in [2.45, 2.75) is 18.7 Å². The third-order valence-electron chi connectivity index (χ3n) is 5.71. The van der Waals surface area contributed by atoms with Crippen molar-refractivity contribution in [3.05, 3.63) is 66.2 Å². The summed E-state index contributed by atoms with van der Waals surface area (Å²) in [5.41, 5.74) is 1.79. The number of phenolic OH excluding ortho intramolecular Hbond substituents is 1. The Morgan fingerprint density at radius 2 is 1.48 bits per heavy atom. The fourth-order valence-corrected chi connectivity index (χ4v) is 4.49. The number of rotatable bonds is 8. The van der Waals surface area contributed by atoms with E-state index in [9.17, 15) is 22.9 Å². The second-order valence-electron chi connectivity index (χ2n) is 8.56. The number of azo groups is 2. The molecular formula is C27H25N5O7S. The smallest absolute Gasteiger partial charge is 0.296 e. The summed E-state index contributed by atoms with van der Waals surface area (Å²) in [6.45, 7) is 3.24. The summed E-state index contributed by atoms with van der Waals surface area (Å²) in [6.07, 6.45) is 0. The number of hydrogen-bond acceptors (Lipinski definition) is 10. The van der Waals surface area contributed by atoms with Crippen molar-refractivity contribution in [3.63, 3.8) is 0 Å². The van der Waals surface area contributed by atoms with E-state index < -0.39 is 32.4 Å². The lowest BCUT2D eigenvalue weighted by atomic mass is 10.1. The van der Waals surface area contributed by atoms with Crippen molar-refractivity contribution in [1.82, 2.24) is 0 Å². The molecule has 3 N–H and O–H groups in total. The number of phenols is 1. The number of benzene rings is 4. The van der Waals surface area contributed by atoms with Crippen LogP contribution in [-0.2, 0) is 14.9 Å². The molecule has 4 rings (SSSR count). The average molecular weight is 564 g/mol. The highest BCUT2D eigenvalue weighted by molar-refractivity contribution is 7.86. The minimum absolute atomic E-state index is 0.101. The molecule has 0 aliphatic carbocycles. The Bertz CT molecular complexity index is 1770. The van der Waals surface area contributed by atoms with Crippen LogP contribution >= 0.6 is 0 Å². The van der Waals surface area contributed by atoms with Crippen LogP contribution in [0.3, 0.4) is 0 Å². The van der Waals surface area contributed by atoms with E-state index in [0.29, 0.717) is 11.4 Å². The Labute approximate surface area is 229 Å². The molecule has 0 aliphatic heterocycles. The van der Waals surface area contributed by atoms with E-state index in [2.05, 4.69) is 25.8 Å². The predicted octanol–water partition coefficient (Wildman–Crippen LogP) is 6.91. The predicted molar refractivity (Wildman–Crippen MR) is 149 cm³/mol. The molecule has 4 aromatic rings. The molecule has 4 aromatic carbocycles. The van der Waals surface area contributed by atoms with E-state index in [1.807, 2.05) is 31.2 Å². The number of ether oxygens (including phenoxy) is 2. The summed E-state index contributed by atoms with van der Waals surface area (Å²) in [5, 5.41) is 30.5. The summed E-state index contributed by atoms with van der Waals surface area (Å²) in [5.74, 6) is -0.579. The van der Waals surface area contributed by atoms with Crippen molar-refractivity contribution in [2.24, 2.45) is 20.5 Å². The molecule has 13 heteroatoms. The van der Waals surface area contributed by atoms with Gasteiger partial charge in [0.25, 0.3) is 10.1 Å². The van der Waals surface area contributed by atoms with Gasteiger partial charge in [0.05, 0.1) is 25.6 Å². The van der Waals surface area contributed by atoms with E-state index in [4.69, 9.17) is 9.47 Å². The molecule has 1 amide bonds. The summed E-state index contributed by atoms with van der Waals surface area (Å²) in [6, 6.07) is 16.1. The van der Waals surface area contributed by atoms with Gasteiger partial charge in [0, 0.05) is 24.4 Å². The number of aryl methyl sites for hydroxylation is 1. The molecule has 0 aliphatic rings. The molecule has 0 atom stereocenters. The number of fused-ring (bicyclic) bond motifs is 1. The summed E-state index contributed by atoms with van der Waals surface area (Å²) < 4.78 is 45.1. The second-order valence-corrected chi connectivity index (χ2v) is 9.95. The Morgan fingerprint density at radius 1 is 0.875 bits per heavy atom. The zero-order chi connectivity index (χ0) is 29.0. The van der Waals surface area contributed by atoms with Crippen LogP contribution in [0, 0.1) is 6.92 Å². The van der Waals surface area contributed by atoms with E-state index in [1.54, 1.807) is 6.07 Å². The van der Waals surface area contributed by atoms with Crippen LogP contribution < -0.4 is 14.8 Å². The van der Waals surface area contributed by atoms with Gasteiger partial charge < -0.3 is 19.9 Å². The second kappa shape index (κ2) is 11.5. The Balaban J connectivity index is 1.84. The zero-order valence-corrected chi connectivity index (χ0v) is 22.7. The number of anilines is 1. The number of nitrogens with zero attached hydrogens (tertiary/aromatic N) is 4. The molecule has 40 heavy (non-hydrogen) atoms. The van der Waals surface area contributed by atoms with Crippen LogP contribution in [0.5, 0.6) is 17.2 Å². The van der Waals surface area contributed by atoms with Gasteiger partial charge in [-0.05, 0) is 36.6 Å². The van der Waals surface area contributed by atoms with Gasteiger partial charge in [-0.15, -0.1) is 15.3 Å². The van der Waals surface area contributed by atoms with Crippen LogP contribution in [0.25, 0.3) is 10.8 Å². The molecule has 206 valence electrons. The first-order chi connectivity index (χ1) is 19.0. The van der Waals surface area contributed by atoms with E-state index in [-0.39, 0.29) is 33.6 Å². The van der Waals surface area contributed by atoms with Crippen molar-refractivity contribution >= 4 is 55.2 Å². The lowest BCUT2D eigenvalue weighted by Gasteiger charge is -2.13. The largest absolute Gasteiger partial charge is 0.505 e. The minimum Gasteiger partial charge on any atom is -0.505 e. The first-order valence-electron chi connectivity index (χ1n) is 11.7. The van der Waals surface area contributed by atoms with Crippen LogP contribution in [0.4, 0.5) is 28.4 Å². The third-order valence-corrected chi connectivity index (χ3v) is 6.58. The highest BCUT2D eigenvalue weighted by Gasteiger charge is 2.24. The molecule has 0 unspecified atom stereocenters. The Morgan fingerprint density at radius 3 is 2.02 bits per heavy atom. The van der Waals surface area contributed by atoms with Crippen LogP contribution in [0.1, 0.15) is 12.5 Å². The molecule has 0 saturated heterocycles. The number of amides is 1. The number of methoxy groups -OCH3 is 2. The maximum atomic E-state index is 12.2. The fourth-order valence-electron chi connectivity index (χ4n) is 3.84. The highest BCUT2D eigenvalue weighted by atomic mass is 32.2. The number of carbonyl (C=O) groups excluding carboxylic acids is 1. The van der Waals surface area contributed by atoms with Crippen LogP contribution in [-0.4, -0.2) is 38.2 Å². The monoisotopic (exact) mass is 563 g/mol. The van der Waals surface area contributed by atoms with Crippen molar-refractivity contribution in [1.29, 1.82) is 0 Å². The van der Waals surface area contributed by atoms with Crippen molar-refractivity contribution in [2.75, 3.05) is 19.5 Å². The van der Waals surface area contributed by atoms with Crippen molar-refractivity contribution < 1.29 is 32.3 Å². The molecule has 0 bridgehead atoms. The molecule has 0 aromatic heterocycles. The molecular weight excluding hydrogens is 538 g/mol. The van der Waals surface area contributed by atoms with Gasteiger partial charge in [-0.2, -0.15) is 13.5 Å². The van der Waals surface area contributed by atoms with Gasteiger partial charge in [0.1, 0.15) is 33.5 Å². The quantitative estimate of drug-likeness (QED) is 0.154. The molecule has 0 fully saturated rings. The molecule has 0 spiro atoms. The molecule has 0 radical (unpaired) electrons. The Kier molecular flexibility index (Phi) is 8.07. The first-order valence-corrected chi connectivity index (χ1v) is 13.2. The van der Waals surface area contributed by atoms with Gasteiger partial charge in [0.2, 0.25) is 5.91 Å². The normalized spacial score (nSPS) is 11.8. The SMILES string of the molecule is COc1cc(/N=N/c2c(S(=O)(=O)O)cc3cccc(NC(C)=O)c3c2O)c(OC)cc1/N=N/c1ccc(C)cc1. The number of aromatic hydroxyl groups is 1. The standard InChI is InChI=1S/C27H25N5O7S/c1-15-8-10-18(11-9-15)29-30-20-13-23(39-4)21(14-22(20)38-3)31-32-26-24(40(35,36)37)12-17-6-5-7-19(28-16(2)33)25(17)27(26)34/h5-14,34H,1-4H3,(H,28,33)(H,35,36,37)/b30-29+,32-31+. The zero-order valence-electron chi connectivity index (χ0n) is 21.9. The van der Waals surface area contributed by atoms with Crippen molar-refractivity contribution in [3.8, 4) is 17.2 Å². The van der Waals surface area contributed by atoms with E-state index in [1.165, 1.54) is 45.4 Å². The van der Waals surface area contributed by atoms with E-state index >= 15 is 0 Å². The molecule has 0 heterocycles. The number of hydrogen-bond donors (Lipinski definition) is 3. The topological polar surface area (TPSA) is 172 Å². The highest BCUT2D eigenvalue weighted by Crippen LogP contribution is 2.46. The maximum Gasteiger partial charge on any atom is 0.296 e. The number of nitrogens with one attached hydrogen (secondary N) is 1. The molecule has 0 saturated carbocycles. The lowest BCUT2D eigenvalue weighted by Crippen LogP contribution is -2.06. The van der Waals surface area contributed by atoms with Gasteiger partial charge in [-0.25, -0.2) is 0 Å². The third kappa shape index (κ3) is 6.06. The van der Waals surface area contributed by atoms with Gasteiger partial charge in [-0.1, -0.05) is 29.8 Å². The lowest BCUT2D eigenvalue weighted by molar-refractivity contribution is -0.114. The number of carbonyl (C=O) groups is 1. The Hall–Kier alpha value is -4.88. The molecule has 12 nitrogen and oxygen atoms in total. The van der Waals surface area contributed by atoms with Crippen LogP contribution in [0.15, 0.2) is 86.0 Å².